The van der Waals surface area contributed by atoms with E-state index in [2.05, 4.69) is 17.4 Å². The van der Waals surface area contributed by atoms with Crippen LogP contribution in [-0.4, -0.2) is 44.9 Å². The van der Waals surface area contributed by atoms with Crippen molar-refractivity contribution in [3.05, 3.63) is 87.6 Å². The Morgan fingerprint density at radius 3 is 2.39 bits per heavy atom. The lowest BCUT2D eigenvalue weighted by molar-refractivity contribution is -0.121. The van der Waals surface area contributed by atoms with E-state index < -0.39 is 10.0 Å². The molecule has 3 aromatic rings. The Bertz CT molecular complexity index is 1150. The van der Waals surface area contributed by atoms with Crippen LogP contribution in [0, 0.1) is 6.92 Å². The molecule has 8 heteroatoms. The lowest BCUT2D eigenvalue weighted by Gasteiger charge is -2.26. The number of nitrogens with one attached hydrogen (secondary N) is 1. The Balaban J connectivity index is 1.38. The number of rotatable bonds is 8. The fraction of sp³-hybridized carbons (Fsp3) is 0.320. The summed E-state index contributed by atoms with van der Waals surface area (Å²) in [6.07, 6.45) is 0.859. The highest BCUT2D eigenvalue weighted by molar-refractivity contribution is 7.89. The first-order valence-electron chi connectivity index (χ1n) is 11.0. The second kappa shape index (κ2) is 10.6. The summed E-state index contributed by atoms with van der Waals surface area (Å²) in [5.41, 5.74) is 3.15. The first kappa shape index (κ1) is 23.6. The molecule has 1 fully saturated rings. The number of carbonyl (C=O) groups is 1. The highest BCUT2D eigenvalue weighted by atomic mass is 32.2. The second-order valence-corrected chi connectivity index (χ2v) is 11.0. The molecule has 1 aliphatic heterocycles. The molecule has 1 unspecified atom stereocenters. The minimum atomic E-state index is -3.51. The number of nitrogens with zero attached hydrogens (tertiary/aromatic N) is 1. The summed E-state index contributed by atoms with van der Waals surface area (Å²) >= 11 is 1.62. The van der Waals surface area contributed by atoms with Gasteiger partial charge >= 0.3 is 0 Å². The molecule has 1 atom stereocenters. The Hall–Kier alpha value is -2.52. The molecule has 0 saturated carbocycles. The van der Waals surface area contributed by atoms with E-state index in [-0.39, 0.29) is 16.8 Å². The molecule has 6 nitrogen and oxygen atoms in total. The van der Waals surface area contributed by atoms with Gasteiger partial charge in [0.2, 0.25) is 15.9 Å². The molecule has 174 valence electrons. The van der Waals surface area contributed by atoms with Gasteiger partial charge in [-0.15, -0.1) is 11.3 Å². The van der Waals surface area contributed by atoms with E-state index in [4.69, 9.17) is 4.74 Å². The summed E-state index contributed by atoms with van der Waals surface area (Å²) in [5, 5.41) is 5.17. The molecule has 1 amide bonds. The van der Waals surface area contributed by atoms with Crippen molar-refractivity contribution in [3.63, 3.8) is 0 Å². The first-order chi connectivity index (χ1) is 15.9. The molecule has 2 heterocycles. The maximum Gasteiger partial charge on any atom is 0.243 e. The van der Waals surface area contributed by atoms with Gasteiger partial charge in [0.25, 0.3) is 0 Å². The molecular weight excluding hydrogens is 456 g/mol. The van der Waals surface area contributed by atoms with Gasteiger partial charge in [-0.05, 0) is 48.1 Å². The van der Waals surface area contributed by atoms with E-state index in [0.29, 0.717) is 39.1 Å². The third-order valence-corrected chi connectivity index (χ3v) is 8.57. The number of morpholine rings is 1. The molecule has 0 radical (unpaired) electrons. The zero-order valence-corrected chi connectivity index (χ0v) is 20.2. The van der Waals surface area contributed by atoms with Crippen molar-refractivity contribution in [2.24, 2.45) is 0 Å². The molecule has 1 aromatic heterocycles. The van der Waals surface area contributed by atoms with Crippen LogP contribution in [0.5, 0.6) is 0 Å². The van der Waals surface area contributed by atoms with Crippen LogP contribution in [0.25, 0.3) is 0 Å². The van der Waals surface area contributed by atoms with Gasteiger partial charge in [-0.25, -0.2) is 8.42 Å². The number of thiophene rings is 1. The average molecular weight is 485 g/mol. The first-order valence-corrected chi connectivity index (χ1v) is 13.3. The van der Waals surface area contributed by atoms with Gasteiger partial charge in [0.15, 0.2) is 0 Å². The Morgan fingerprint density at radius 2 is 1.76 bits per heavy atom. The minimum absolute atomic E-state index is 0.0426. The van der Waals surface area contributed by atoms with Crippen molar-refractivity contribution >= 4 is 27.3 Å². The monoisotopic (exact) mass is 484 g/mol. The van der Waals surface area contributed by atoms with Crippen LogP contribution in [0.2, 0.25) is 0 Å². The SMILES string of the molecule is Cc1ccc(C(NC(=O)CCc2ccc(S(=O)(=O)N3CCOCC3)cc2)c2cccs2)cc1. The van der Waals surface area contributed by atoms with Crippen molar-refractivity contribution in [3.8, 4) is 0 Å². The fourth-order valence-electron chi connectivity index (χ4n) is 3.79. The lowest BCUT2D eigenvalue weighted by atomic mass is 10.0. The number of aryl methyl sites for hydroxylation is 2. The number of sulfonamides is 1. The molecular formula is C25H28N2O4S2. The van der Waals surface area contributed by atoms with Crippen molar-refractivity contribution in [2.75, 3.05) is 26.3 Å². The zero-order chi connectivity index (χ0) is 23.3. The number of hydrogen-bond donors (Lipinski definition) is 1. The van der Waals surface area contributed by atoms with Crippen molar-refractivity contribution in [1.29, 1.82) is 0 Å². The highest BCUT2D eigenvalue weighted by Gasteiger charge is 2.26. The predicted octanol–water partition coefficient (Wildman–Crippen LogP) is 3.92. The quantitative estimate of drug-likeness (QED) is 0.526. The standard InChI is InChI=1S/C25H28N2O4S2/c1-19-4-9-21(10-5-19)25(23-3-2-18-32-23)26-24(28)13-8-20-6-11-22(12-7-20)33(29,30)27-14-16-31-17-15-27/h2-7,9-12,18,25H,8,13-17H2,1H3,(H,26,28). The summed E-state index contributed by atoms with van der Waals surface area (Å²) in [7, 11) is -3.51. The van der Waals surface area contributed by atoms with Crippen LogP contribution < -0.4 is 5.32 Å². The number of hydrogen-bond acceptors (Lipinski definition) is 5. The van der Waals surface area contributed by atoms with Gasteiger partial charge in [-0.1, -0.05) is 48.0 Å². The summed E-state index contributed by atoms with van der Waals surface area (Å²) in [5.74, 6) is -0.0426. The maximum atomic E-state index is 12.8. The van der Waals surface area contributed by atoms with Crippen molar-refractivity contribution in [2.45, 2.75) is 30.7 Å². The van der Waals surface area contributed by atoms with Gasteiger partial charge in [0.1, 0.15) is 0 Å². The number of amides is 1. The predicted molar refractivity (Wildman–Crippen MR) is 130 cm³/mol. The van der Waals surface area contributed by atoms with Crippen LogP contribution in [0.1, 0.15) is 34.0 Å². The van der Waals surface area contributed by atoms with Gasteiger partial charge < -0.3 is 10.1 Å². The summed E-state index contributed by atoms with van der Waals surface area (Å²) in [4.78, 5) is 14.1. The molecule has 2 aromatic carbocycles. The van der Waals surface area contributed by atoms with E-state index in [1.807, 2.05) is 36.6 Å². The van der Waals surface area contributed by atoms with Crippen LogP contribution >= 0.6 is 11.3 Å². The molecule has 0 bridgehead atoms. The molecule has 1 N–H and O–H groups in total. The number of benzene rings is 2. The minimum Gasteiger partial charge on any atom is -0.379 e. The molecule has 0 spiro atoms. The third kappa shape index (κ3) is 5.89. The topological polar surface area (TPSA) is 75.7 Å². The number of ether oxygens (including phenoxy) is 1. The Kier molecular flexibility index (Phi) is 7.60. The Labute approximate surface area is 199 Å². The highest BCUT2D eigenvalue weighted by Crippen LogP contribution is 2.26. The molecule has 33 heavy (non-hydrogen) atoms. The lowest BCUT2D eigenvalue weighted by Crippen LogP contribution is -2.40. The van der Waals surface area contributed by atoms with Gasteiger partial charge in [-0.3, -0.25) is 4.79 Å². The second-order valence-electron chi connectivity index (χ2n) is 8.09. The summed E-state index contributed by atoms with van der Waals surface area (Å²) in [6.45, 7) is 3.62. The molecule has 1 aliphatic rings. The zero-order valence-electron chi connectivity index (χ0n) is 18.6. The molecule has 0 aliphatic carbocycles. The van der Waals surface area contributed by atoms with Crippen LogP contribution in [0.15, 0.2) is 70.9 Å². The van der Waals surface area contributed by atoms with E-state index in [0.717, 1.165) is 16.0 Å². The Morgan fingerprint density at radius 1 is 1.06 bits per heavy atom. The normalized spacial score (nSPS) is 15.8. The third-order valence-electron chi connectivity index (χ3n) is 5.72. The molecule has 1 saturated heterocycles. The van der Waals surface area contributed by atoms with E-state index in [1.54, 1.807) is 35.6 Å². The van der Waals surface area contributed by atoms with E-state index >= 15 is 0 Å². The molecule has 4 rings (SSSR count). The summed E-state index contributed by atoms with van der Waals surface area (Å²) < 4.78 is 32.2. The van der Waals surface area contributed by atoms with E-state index in [1.165, 1.54) is 9.87 Å². The van der Waals surface area contributed by atoms with Crippen LogP contribution in [-0.2, 0) is 26.0 Å². The van der Waals surface area contributed by atoms with Gasteiger partial charge in [0, 0.05) is 24.4 Å². The fourth-order valence-corrected chi connectivity index (χ4v) is 6.00. The average Bonchev–Trinajstić information content (AvgIpc) is 3.37. The van der Waals surface area contributed by atoms with Crippen LogP contribution in [0.4, 0.5) is 0 Å². The maximum absolute atomic E-state index is 12.8. The summed E-state index contributed by atoms with van der Waals surface area (Å²) in [6, 6.07) is 18.9. The van der Waals surface area contributed by atoms with Crippen molar-refractivity contribution < 1.29 is 17.9 Å². The van der Waals surface area contributed by atoms with Gasteiger partial charge in [0.05, 0.1) is 24.2 Å². The number of carbonyl (C=O) groups excluding carboxylic acids is 1. The van der Waals surface area contributed by atoms with Gasteiger partial charge in [-0.2, -0.15) is 4.31 Å². The van der Waals surface area contributed by atoms with E-state index in [9.17, 15) is 13.2 Å². The van der Waals surface area contributed by atoms with Crippen molar-refractivity contribution in [1.82, 2.24) is 9.62 Å². The smallest absolute Gasteiger partial charge is 0.243 e. The largest absolute Gasteiger partial charge is 0.379 e. The van der Waals surface area contributed by atoms with Crippen LogP contribution in [0.3, 0.4) is 0 Å².